The zero-order chi connectivity index (χ0) is 15.4. The monoisotopic (exact) mass is 375 g/mol. The molecule has 136 valence electrons. The molecule has 7 heteroatoms. The molecule has 3 rings (SSSR count). The van der Waals surface area contributed by atoms with Gasteiger partial charge in [0, 0.05) is 31.4 Å². The third-order valence-electron chi connectivity index (χ3n) is 4.63. The van der Waals surface area contributed by atoms with Gasteiger partial charge < -0.3 is 20.7 Å². The number of halogens is 2. The first-order valence-electron chi connectivity index (χ1n) is 8.22. The van der Waals surface area contributed by atoms with Crippen LogP contribution in [-0.4, -0.2) is 43.8 Å². The second-order valence-corrected chi connectivity index (χ2v) is 6.17. The highest BCUT2D eigenvalue weighted by atomic mass is 35.5. The number of piperidine rings is 1. The smallest absolute Gasteiger partial charge is 0.249 e. The predicted molar refractivity (Wildman–Crippen MR) is 101 cm³/mol. The van der Waals surface area contributed by atoms with Crippen molar-refractivity contribution in [2.45, 2.75) is 43.9 Å². The van der Waals surface area contributed by atoms with Gasteiger partial charge in [-0.15, -0.1) is 24.8 Å². The van der Waals surface area contributed by atoms with E-state index < -0.39 is 0 Å². The van der Waals surface area contributed by atoms with Crippen LogP contribution in [0.5, 0.6) is 0 Å². The number of ether oxygens (including phenoxy) is 1. The number of nitrogens with one attached hydrogen (secondary N) is 1. The summed E-state index contributed by atoms with van der Waals surface area (Å²) < 4.78 is 5.66. The first-order valence-corrected chi connectivity index (χ1v) is 8.22. The topological polar surface area (TPSA) is 67.6 Å². The number of amides is 1. The highest BCUT2D eigenvalue weighted by Gasteiger charge is 2.31. The van der Waals surface area contributed by atoms with Crippen LogP contribution < -0.4 is 16.0 Å². The lowest BCUT2D eigenvalue weighted by molar-refractivity contribution is -0.132. The zero-order valence-electron chi connectivity index (χ0n) is 13.7. The number of hydrogen-bond donors (Lipinski definition) is 2. The van der Waals surface area contributed by atoms with Crippen LogP contribution in [0.3, 0.4) is 0 Å². The largest absolute Gasteiger partial charge is 0.371 e. The van der Waals surface area contributed by atoms with Crippen molar-refractivity contribution in [1.82, 2.24) is 5.32 Å². The molecule has 2 atom stereocenters. The molecule has 2 fully saturated rings. The number of hydrogen-bond acceptors (Lipinski definition) is 4. The Morgan fingerprint density at radius 3 is 2.38 bits per heavy atom. The van der Waals surface area contributed by atoms with Crippen LogP contribution >= 0.6 is 24.8 Å². The van der Waals surface area contributed by atoms with Crippen LogP contribution in [0.4, 0.5) is 5.69 Å². The first-order chi connectivity index (χ1) is 10.8. The molecule has 0 radical (unpaired) electrons. The van der Waals surface area contributed by atoms with Crippen molar-refractivity contribution >= 4 is 36.4 Å². The molecule has 1 aromatic carbocycles. The summed E-state index contributed by atoms with van der Waals surface area (Å²) in [6, 6.07) is 10.7. The summed E-state index contributed by atoms with van der Waals surface area (Å²) in [6.45, 7) is 2.46. The minimum absolute atomic E-state index is 0. The third-order valence-corrected chi connectivity index (χ3v) is 4.63. The Labute approximate surface area is 156 Å². The van der Waals surface area contributed by atoms with Crippen molar-refractivity contribution in [3.8, 4) is 0 Å². The summed E-state index contributed by atoms with van der Waals surface area (Å²) in [5.74, 6) is 0.0362. The number of anilines is 1. The van der Waals surface area contributed by atoms with Crippen molar-refractivity contribution in [1.29, 1.82) is 0 Å². The molecule has 24 heavy (non-hydrogen) atoms. The minimum Gasteiger partial charge on any atom is -0.371 e. The lowest BCUT2D eigenvalue weighted by Gasteiger charge is -2.34. The highest BCUT2D eigenvalue weighted by Crippen LogP contribution is 2.21. The molecule has 1 aromatic rings. The van der Waals surface area contributed by atoms with Crippen LogP contribution in [0.15, 0.2) is 30.3 Å². The SMILES string of the molecule is Cl.Cl.NC[C@H]1CC[C@@H](C(=O)NC2CCN(c3ccccc3)CC2)O1. The zero-order valence-corrected chi connectivity index (χ0v) is 15.4. The number of carbonyl (C=O) groups is 1. The standard InChI is InChI=1S/C17H25N3O2.2ClH/c18-12-15-6-7-16(22-15)17(21)19-13-8-10-20(11-9-13)14-4-2-1-3-5-14;;/h1-5,13,15-16H,6-12,18H2,(H,19,21);2*1H/t15-,16+;;/m1../s1. The molecular formula is C17H27Cl2N3O2. The van der Waals surface area contributed by atoms with E-state index in [9.17, 15) is 4.79 Å². The molecule has 1 amide bonds. The molecule has 0 saturated carbocycles. The number of rotatable bonds is 4. The molecular weight excluding hydrogens is 349 g/mol. The summed E-state index contributed by atoms with van der Waals surface area (Å²) in [4.78, 5) is 14.6. The van der Waals surface area contributed by atoms with E-state index in [4.69, 9.17) is 10.5 Å². The fourth-order valence-corrected chi connectivity index (χ4v) is 3.29. The van der Waals surface area contributed by atoms with Gasteiger partial charge in [0.2, 0.25) is 5.91 Å². The molecule has 0 bridgehead atoms. The summed E-state index contributed by atoms with van der Waals surface area (Å²) in [5, 5.41) is 3.15. The van der Waals surface area contributed by atoms with Gasteiger partial charge in [-0.05, 0) is 37.8 Å². The molecule has 3 N–H and O–H groups in total. The maximum atomic E-state index is 12.2. The highest BCUT2D eigenvalue weighted by molar-refractivity contribution is 5.85. The van der Waals surface area contributed by atoms with E-state index in [1.54, 1.807) is 0 Å². The molecule has 0 spiro atoms. The van der Waals surface area contributed by atoms with Crippen molar-refractivity contribution < 1.29 is 9.53 Å². The number of benzene rings is 1. The normalized spacial score (nSPS) is 24.0. The van der Waals surface area contributed by atoms with Crippen LogP contribution in [0.2, 0.25) is 0 Å². The molecule has 2 aliphatic rings. The second kappa shape index (κ2) is 10.1. The number of para-hydroxylation sites is 1. The van der Waals surface area contributed by atoms with E-state index in [2.05, 4.69) is 34.5 Å². The summed E-state index contributed by atoms with van der Waals surface area (Å²) in [5.41, 5.74) is 6.85. The van der Waals surface area contributed by atoms with E-state index in [0.29, 0.717) is 6.54 Å². The lowest BCUT2D eigenvalue weighted by Crippen LogP contribution is -2.47. The fraction of sp³-hybridized carbons (Fsp3) is 0.588. The molecule has 2 aliphatic heterocycles. The Balaban J connectivity index is 0.00000144. The van der Waals surface area contributed by atoms with Gasteiger partial charge in [0.15, 0.2) is 0 Å². The van der Waals surface area contributed by atoms with Gasteiger partial charge in [0.05, 0.1) is 6.10 Å². The van der Waals surface area contributed by atoms with Gasteiger partial charge in [-0.2, -0.15) is 0 Å². The van der Waals surface area contributed by atoms with Gasteiger partial charge in [0.25, 0.3) is 0 Å². The molecule has 2 saturated heterocycles. The van der Waals surface area contributed by atoms with Gasteiger partial charge in [0.1, 0.15) is 6.10 Å². The number of carbonyl (C=O) groups excluding carboxylic acids is 1. The summed E-state index contributed by atoms with van der Waals surface area (Å²) >= 11 is 0. The molecule has 0 unspecified atom stereocenters. The second-order valence-electron chi connectivity index (χ2n) is 6.17. The molecule has 0 aromatic heterocycles. The Morgan fingerprint density at radius 2 is 1.79 bits per heavy atom. The van der Waals surface area contributed by atoms with Crippen LogP contribution in [0.1, 0.15) is 25.7 Å². The predicted octanol–water partition coefficient (Wildman–Crippen LogP) is 2.12. The third kappa shape index (κ3) is 5.24. The first kappa shape index (κ1) is 21.0. The minimum atomic E-state index is -0.305. The molecule has 0 aliphatic carbocycles. The maximum Gasteiger partial charge on any atom is 0.249 e. The van der Waals surface area contributed by atoms with Gasteiger partial charge >= 0.3 is 0 Å². The Hall–Kier alpha value is -1.01. The summed E-state index contributed by atoms with van der Waals surface area (Å²) in [7, 11) is 0. The summed E-state index contributed by atoms with van der Waals surface area (Å²) in [6.07, 6.45) is 3.38. The number of nitrogens with zero attached hydrogens (tertiary/aromatic N) is 1. The van der Waals surface area contributed by atoms with Crippen molar-refractivity contribution in [3.63, 3.8) is 0 Å². The quantitative estimate of drug-likeness (QED) is 0.845. The maximum absolute atomic E-state index is 12.2. The average Bonchev–Trinajstić information content (AvgIpc) is 3.06. The van der Waals surface area contributed by atoms with E-state index in [0.717, 1.165) is 38.8 Å². The average molecular weight is 376 g/mol. The van der Waals surface area contributed by atoms with Crippen LogP contribution in [-0.2, 0) is 9.53 Å². The van der Waals surface area contributed by atoms with Gasteiger partial charge in [-0.1, -0.05) is 18.2 Å². The van der Waals surface area contributed by atoms with E-state index >= 15 is 0 Å². The fourth-order valence-electron chi connectivity index (χ4n) is 3.29. The van der Waals surface area contributed by atoms with Crippen LogP contribution in [0, 0.1) is 0 Å². The Bertz CT molecular complexity index is 496. The van der Waals surface area contributed by atoms with Crippen molar-refractivity contribution in [3.05, 3.63) is 30.3 Å². The van der Waals surface area contributed by atoms with E-state index in [1.165, 1.54) is 5.69 Å². The van der Waals surface area contributed by atoms with Crippen molar-refractivity contribution in [2.24, 2.45) is 5.73 Å². The Kier molecular flexibility index (Phi) is 8.84. The number of nitrogens with two attached hydrogens (primary N) is 1. The lowest BCUT2D eigenvalue weighted by atomic mass is 10.0. The molecule has 5 nitrogen and oxygen atoms in total. The van der Waals surface area contributed by atoms with E-state index in [-0.39, 0.29) is 49.0 Å². The van der Waals surface area contributed by atoms with Crippen molar-refractivity contribution in [2.75, 3.05) is 24.5 Å². The van der Waals surface area contributed by atoms with Gasteiger partial charge in [-0.3, -0.25) is 4.79 Å². The van der Waals surface area contributed by atoms with E-state index in [1.807, 2.05) is 6.07 Å². The molecule has 2 heterocycles. The van der Waals surface area contributed by atoms with Gasteiger partial charge in [-0.25, -0.2) is 0 Å². The van der Waals surface area contributed by atoms with Crippen LogP contribution in [0.25, 0.3) is 0 Å². The Morgan fingerprint density at radius 1 is 1.12 bits per heavy atom.